The molecule has 1 heterocycles. The molecule has 0 aromatic heterocycles. The molecule has 2 aromatic rings. The summed E-state index contributed by atoms with van der Waals surface area (Å²) in [5.74, 6) is 1.80. The van der Waals surface area contributed by atoms with E-state index in [9.17, 15) is 4.79 Å². The van der Waals surface area contributed by atoms with Crippen LogP contribution in [0.15, 0.2) is 53.5 Å². The largest absolute Gasteiger partial charge is 0.491 e. The van der Waals surface area contributed by atoms with Crippen molar-refractivity contribution in [3.63, 3.8) is 0 Å². The van der Waals surface area contributed by atoms with Crippen LogP contribution < -0.4 is 20.3 Å². The highest BCUT2D eigenvalue weighted by Gasteiger charge is 2.21. The predicted molar refractivity (Wildman–Crippen MR) is 123 cm³/mol. The summed E-state index contributed by atoms with van der Waals surface area (Å²) in [6, 6.07) is 16.1. The van der Waals surface area contributed by atoms with Crippen LogP contribution >= 0.6 is 0 Å². The van der Waals surface area contributed by atoms with Crippen molar-refractivity contribution < 1.29 is 14.3 Å². The number of hydrogen-bond donors (Lipinski definition) is 2. The van der Waals surface area contributed by atoms with Gasteiger partial charge < -0.3 is 25.0 Å². The molecule has 0 unspecified atom stereocenters. The van der Waals surface area contributed by atoms with Gasteiger partial charge in [0.15, 0.2) is 5.96 Å². The molecule has 1 amide bonds. The molecule has 0 aliphatic carbocycles. The molecule has 7 heteroatoms. The fraction of sp³-hybridized carbons (Fsp3) is 0.417. The molecule has 2 N–H and O–H groups in total. The number of benzene rings is 2. The summed E-state index contributed by atoms with van der Waals surface area (Å²) in [5, 5.41) is 6.65. The molecule has 0 spiro atoms. The second-order valence-electron chi connectivity index (χ2n) is 7.35. The van der Waals surface area contributed by atoms with Crippen molar-refractivity contribution in [2.45, 2.75) is 32.9 Å². The van der Waals surface area contributed by atoms with Crippen molar-refractivity contribution >= 4 is 17.6 Å². The number of nitrogens with zero attached hydrogens (tertiary/aromatic N) is 2. The Kier molecular flexibility index (Phi) is 8.72. The van der Waals surface area contributed by atoms with Gasteiger partial charge in [-0.1, -0.05) is 24.3 Å². The minimum atomic E-state index is 0.210. The van der Waals surface area contributed by atoms with E-state index in [1.165, 1.54) is 0 Å². The van der Waals surface area contributed by atoms with E-state index >= 15 is 0 Å². The zero-order valence-corrected chi connectivity index (χ0v) is 18.4. The van der Waals surface area contributed by atoms with Gasteiger partial charge >= 0.3 is 0 Å². The van der Waals surface area contributed by atoms with Crippen LogP contribution in [0, 0.1) is 0 Å². The van der Waals surface area contributed by atoms with E-state index in [-0.39, 0.29) is 5.91 Å². The fourth-order valence-corrected chi connectivity index (χ4v) is 3.35. The Bertz CT molecular complexity index is 850. The molecule has 3 rings (SSSR count). The van der Waals surface area contributed by atoms with Crippen molar-refractivity contribution in [2.75, 3.05) is 38.3 Å². The molecule has 0 radical (unpaired) electrons. The van der Waals surface area contributed by atoms with Gasteiger partial charge in [-0.05, 0) is 48.7 Å². The Balaban J connectivity index is 1.52. The number of ether oxygens (including phenoxy) is 2. The molecule has 7 nitrogen and oxygen atoms in total. The molecule has 1 fully saturated rings. The van der Waals surface area contributed by atoms with Gasteiger partial charge in [0.2, 0.25) is 5.91 Å². The third-order valence-corrected chi connectivity index (χ3v) is 5.02. The summed E-state index contributed by atoms with van der Waals surface area (Å²) >= 11 is 0. The monoisotopic (exact) mass is 424 g/mol. The van der Waals surface area contributed by atoms with Crippen LogP contribution in [-0.4, -0.2) is 45.3 Å². The maximum absolute atomic E-state index is 11.9. The summed E-state index contributed by atoms with van der Waals surface area (Å²) in [7, 11) is 1.66. The van der Waals surface area contributed by atoms with Crippen LogP contribution in [0.25, 0.3) is 0 Å². The first-order valence-electron chi connectivity index (χ1n) is 10.8. The van der Waals surface area contributed by atoms with Gasteiger partial charge in [0.05, 0.1) is 13.2 Å². The molecular weight excluding hydrogens is 392 g/mol. The third-order valence-electron chi connectivity index (χ3n) is 5.02. The molecule has 166 valence electrons. The lowest BCUT2D eigenvalue weighted by molar-refractivity contribution is -0.117. The molecule has 31 heavy (non-hydrogen) atoms. The average Bonchev–Trinajstić information content (AvgIpc) is 3.23. The summed E-state index contributed by atoms with van der Waals surface area (Å²) in [4.78, 5) is 18.4. The zero-order valence-electron chi connectivity index (χ0n) is 18.4. The highest BCUT2D eigenvalue weighted by Crippen LogP contribution is 2.21. The minimum absolute atomic E-state index is 0.210. The summed E-state index contributed by atoms with van der Waals surface area (Å²) in [5.41, 5.74) is 3.22. The first kappa shape index (κ1) is 22.6. The SMILES string of the molecule is CCNC(=NCc1ccc(OCCOC)cc1)NCc1ccc(N2CCCC2=O)cc1. The Morgan fingerprint density at radius 2 is 1.77 bits per heavy atom. The number of carbonyl (C=O) groups excluding carboxylic acids is 1. The van der Waals surface area contributed by atoms with E-state index < -0.39 is 0 Å². The first-order chi connectivity index (χ1) is 15.2. The third kappa shape index (κ3) is 7.00. The van der Waals surface area contributed by atoms with Crippen LogP contribution in [0.4, 0.5) is 5.69 Å². The van der Waals surface area contributed by atoms with Gasteiger partial charge in [-0.2, -0.15) is 0 Å². The number of methoxy groups -OCH3 is 1. The Hall–Kier alpha value is -3.06. The lowest BCUT2D eigenvalue weighted by Gasteiger charge is -2.16. The van der Waals surface area contributed by atoms with Crippen molar-refractivity contribution in [2.24, 2.45) is 4.99 Å². The van der Waals surface area contributed by atoms with E-state index in [0.29, 0.717) is 32.7 Å². The highest BCUT2D eigenvalue weighted by atomic mass is 16.5. The van der Waals surface area contributed by atoms with Gasteiger partial charge in [0.1, 0.15) is 12.4 Å². The zero-order chi connectivity index (χ0) is 21.9. The molecule has 2 aromatic carbocycles. The topological polar surface area (TPSA) is 75.2 Å². The number of aliphatic imine (C=N–C) groups is 1. The fourth-order valence-electron chi connectivity index (χ4n) is 3.35. The van der Waals surface area contributed by atoms with E-state index in [1.807, 2.05) is 48.2 Å². The highest BCUT2D eigenvalue weighted by molar-refractivity contribution is 5.95. The summed E-state index contributed by atoms with van der Waals surface area (Å²) in [6.45, 7) is 5.99. The quantitative estimate of drug-likeness (QED) is 0.348. The van der Waals surface area contributed by atoms with Crippen LogP contribution in [0.2, 0.25) is 0 Å². The molecule has 1 saturated heterocycles. The number of carbonyl (C=O) groups is 1. The summed E-state index contributed by atoms with van der Waals surface area (Å²) in [6.07, 6.45) is 1.59. The Labute approximate surface area is 184 Å². The number of guanidine groups is 1. The van der Waals surface area contributed by atoms with Crippen LogP contribution in [0.5, 0.6) is 5.75 Å². The van der Waals surface area contributed by atoms with Crippen molar-refractivity contribution in [1.29, 1.82) is 0 Å². The first-order valence-corrected chi connectivity index (χ1v) is 10.8. The molecule has 0 atom stereocenters. The molecule has 0 saturated carbocycles. The normalized spacial score (nSPS) is 14.1. The molecule has 0 bridgehead atoms. The molecule has 1 aliphatic heterocycles. The second kappa shape index (κ2) is 12.0. The van der Waals surface area contributed by atoms with Gasteiger partial charge in [0.25, 0.3) is 0 Å². The van der Waals surface area contributed by atoms with E-state index in [0.717, 1.165) is 48.0 Å². The van der Waals surface area contributed by atoms with Crippen LogP contribution in [-0.2, 0) is 22.6 Å². The van der Waals surface area contributed by atoms with Gasteiger partial charge in [0, 0.05) is 38.9 Å². The minimum Gasteiger partial charge on any atom is -0.491 e. The number of hydrogen-bond acceptors (Lipinski definition) is 4. The van der Waals surface area contributed by atoms with Crippen LogP contribution in [0.1, 0.15) is 30.9 Å². The van der Waals surface area contributed by atoms with Crippen molar-refractivity contribution in [3.05, 3.63) is 59.7 Å². The van der Waals surface area contributed by atoms with Gasteiger partial charge in [-0.3, -0.25) is 4.79 Å². The predicted octanol–water partition coefficient (Wildman–Crippen LogP) is 3.09. The lowest BCUT2D eigenvalue weighted by Crippen LogP contribution is -2.36. The van der Waals surface area contributed by atoms with E-state index in [4.69, 9.17) is 9.47 Å². The average molecular weight is 425 g/mol. The molecule has 1 aliphatic rings. The number of amides is 1. The number of anilines is 1. The maximum Gasteiger partial charge on any atom is 0.227 e. The smallest absolute Gasteiger partial charge is 0.227 e. The second-order valence-corrected chi connectivity index (χ2v) is 7.35. The standard InChI is InChI=1S/C24H32N4O3/c1-3-25-24(27-18-20-8-12-22(13-9-20)31-16-15-30-2)26-17-19-6-10-21(11-7-19)28-14-4-5-23(28)29/h6-13H,3-5,14-18H2,1-2H3,(H2,25,26,27). The van der Waals surface area contributed by atoms with Crippen LogP contribution in [0.3, 0.4) is 0 Å². The van der Waals surface area contributed by atoms with Gasteiger partial charge in [-0.25, -0.2) is 4.99 Å². The van der Waals surface area contributed by atoms with Crippen molar-refractivity contribution in [3.8, 4) is 5.75 Å². The van der Waals surface area contributed by atoms with E-state index in [1.54, 1.807) is 7.11 Å². The van der Waals surface area contributed by atoms with Gasteiger partial charge in [-0.15, -0.1) is 0 Å². The summed E-state index contributed by atoms with van der Waals surface area (Å²) < 4.78 is 10.6. The number of nitrogens with one attached hydrogen (secondary N) is 2. The number of rotatable bonds is 10. The Morgan fingerprint density at radius 3 is 2.42 bits per heavy atom. The molecular formula is C24H32N4O3. The maximum atomic E-state index is 11.9. The Morgan fingerprint density at radius 1 is 1.03 bits per heavy atom. The van der Waals surface area contributed by atoms with Crippen molar-refractivity contribution in [1.82, 2.24) is 10.6 Å². The lowest BCUT2D eigenvalue weighted by atomic mass is 10.2. The van der Waals surface area contributed by atoms with E-state index in [2.05, 4.69) is 27.8 Å².